The predicted octanol–water partition coefficient (Wildman–Crippen LogP) is 0.786. The smallest absolute Gasteiger partial charge is 0.307 e. The summed E-state index contributed by atoms with van der Waals surface area (Å²) in [4.78, 5) is 24.6. The number of likely N-dealkylation sites (N-methyl/N-ethyl adjacent to an activating group) is 1. The molecule has 0 aromatic heterocycles. The topological polar surface area (TPSA) is 58.6 Å². The van der Waals surface area contributed by atoms with Gasteiger partial charge in [0, 0.05) is 12.6 Å². The highest BCUT2D eigenvalue weighted by Crippen LogP contribution is 2.02. The maximum atomic E-state index is 11.5. The highest BCUT2D eigenvalue weighted by atomic mass is 16.5. The summed E-state index contributed by atoms with van der Waals surface area (Å²) in [7, 11) is 1.83. The van der Waals surface area contributed by atoms with Gasteiger partial charge in [0.1, 0.15) is 0 Å². The molecule has 0 rings (SSSR count). The third kappa shape index (κ3) is 7.74. The van der Waals surface area contributed by atoms with Gasteiger partial charge in [-0.15, -0.1) is 0 Å². The number of rotatable bonds is 8. The summed E-state index contributed by atoms with van der Waals surface area (Å²) in [5.74, 6) is -0.231. The second kappa shape index (κ2) is 8.98. The van der Waals surface area contributed by atoms with Crippen LogP contribution in [0, 0.1) is 0 Å². The molecule has 0 aromatic rings. The molecule has 0 radical (unpaired) electrons. The van der Waals surface area contributed by atoms with Crippen molar-refractivity contribution in [3.05, 3.63) is 0 Å². The number of carbonyl (C=O) groups is 2. The zero-order valence-corrected chi connectivity index (χ0v) is 11.3. The molecule has 17 heavy (non-hydrogen) atoms. The zero-order valence-electron chi connectivity index (χ0n) is 11.3. The third-order valence-electron chi connectivity index (χ3n) is 2.49. The van der Waals surface area contributed by atoms with Crippen molar-refractivity contribution in [3.8, 4) is 0 Å². The lowest BCUT2D eigenvalue weighted by atomic mass is 10.2. The van der Waals surface area contributed by atoms with Crippen LogP contribution < -0.4 is 5.32 Å². The number of nitrogens with one attached hydrogen (secondary N) is 1. The van der Waals surface area contributed by atoms with Crippen molar-refractivity contribution in [3.63, 3.8) is 0 Å². The highest BCUT2D eigenvalue weighted by Gasteiger charge is 2.16. The van der Waals surface area contributed by atoms with Crippen LogP contribution in [0.5, 0.6) is 0 Å². The van der Waals surface area contributed by atoms with Gasteiger partial charge in [-0.1, -0.05) is 6.92 Å². The number of amides is 1. The van der Waals surface area contributed by atoms with Crippen LogP contribution in [-0.4, -0.2) is 49.6 Å². The van der Waals surface area contributed by atoms with Crippen molar-refractivity contribution in [1.82, 2.24) is 10.2 Å². The van der Waals surface area contributed by atoms with Crippen molar-refractivity contribution < 1.29 is 14.3 Å². The molecule has 0 aliphatic heterocycles. The molecule has 0 heterocycles. The molecule has 0 aliphatic rings. The Hall–Kier alpha value is -1.10. The van der Waals surface area contributed by atoms with Gasteiger partial charge in [-0.2, -0.15) is 0 Å². The Bertz CT molecular complexity index is 244. The zero-order chi connectivity index (χ0) is 13.3. The van der Waals surface area contributed by atoms with Gasteiger partial charge in [-0.25, -0.2) is 0 Å². The first-order valence-electron chi connectivity index (χ1n) is 6.13. The molecule has 1 unspecified atom stereocenters. The molecule has 0 saturated heterocycles. The van der Waals surface area contributed by atoms with E-state index in [9.17, 15) is 9.59 Å². The molecule has 5 nitrogen and oxygen atoms in total. The second-order valence-corrected chi connectivity index (χ2v) is 4.12. The largest absolute Gasteiger partial charge is 0.466 e. The molecule has 1 N–H and O–H groups in total. The van der Waals surface area contributed by atoms with Gasteiger partial charge in [-0.3, -0.25) is 14.5 Å². The normalized spacial score (nSPS) is 12.3. The van der Waals surface area contributed by atoms with E-state index in [1.807, 2.05) is 25.8 Å². The van der Waals surface area contributed by atoms with E-state index in [4.69, 9.17) is 4.74 Å². The fraction of sp³-hybridized carbons (Fsp3) is 0.833. The van der Waals surface area contributed by atoms with Crippen molar-refractivity contribution in [2.24, 2.45) is 0 Å². The second-order valence-electron chi connectivity index (χ2n) is 4.12. The molecule has 0 aromatic carbocycles. The average Bonchev–Trinajstić information content (AvgIpc) is 2.26. The number of ether oxygens (including phenoxy) is 1. The Morgan fingerprint density at radius 1 is 1.35 bits per heavy atom. The molecule has 0 saturated carbocycles. The monoisotopic (exact) mass is 244 g/mol. The Kier molecular flexibility index (Phi) is 8.40. The maximum absolute atomic E-state index is 11.5. The fourth-order valence-corrected chi connectivity index (χ4v) is 1.32. The quantitative estimate of drug-likeness (QED) is 0.641. The van der Waals surface area contributed by atoms with E-state index < -0.39 is 0 Å². The van der Waals surface area contributed by atoms with Crippen molar-refractivity contribution in [2.45, 2.75) is 39.7 Å². The van der Waals surface area contributed by atoms with Crippen molar-refractivity contribution in [2.75, 3.05) is 26.7 Å². The summed E-state index contributed by atoms with van der Waals surface area (Å²) in [6.07, 6.45) is 1.24. The van der Waals surface area contributed by atoms with Gasteiger partial charge in [0.2, 0.25) is 5.91 Å². The molecular weight excluding hydrogens is 220 g/mol. The number of nitrogens with zero attached hydrogens (tertiary/aromatic N) is 1. The number of esters is 1. The van der Waals surface area contributed by atoms with Gasteiger partial charge < -0.3 is 10.1 Å². The summed E-state index contributed by atoms with van der Waals surface area (Å²) in [6, 6.07) is 0.00132. The van der Waals surface area contributed by atoms with Crippen molar-refractivity contribution in [1.29, 1.82) is 0 Å². The maximum Gasteiger partial charge on any atom is 0.307 e. The molecule has 0 fully saturated rings. The highest BCUT2D eigenvalue weighted by molar-refractivity contribution is 5.78. The van der Waals surface area contributed by atoms with E-state index in [0.717, 1.165) is 6.42 Å². The van der Waals surface area contributed by atoms with E-state index in [1.165, 1.54) is 0 Å². The van der Waals surface area contributed by atoms with Crippen LogP contribution >= 0.6 is 0 Å². The van der Waals surface area contributed by atoms with Gasteiger partial charge in [-0.05, 0) is 27.3 Å². The molecule has 0 bridgehead atoms. The van der Waals surface area contributed by atoms with E-state index in [1.54, 1.807) is 6.92 Å². The number of hydrogen-bond donors (Lipinski definition) is 1. The van der Waals surface area contributed by atoms with E-state index >= 15 is 0 Å². The minimum Gasteiger partial charge on any atom is -0.466 e. The minimum absolute atomic E-state index is 0.00132. The van der Waals surface area contributed by atoms with Crippen LogP contribution in [0.25, 0.3) is 0 Å². The molecule has 100 valence electrons. The molecule has 5 heteroatoms. The van der Waals surface area contributed by atoms with E-state index in [-0.39, 0.29) is 17.9 Å². The number of carbonyl (C=O) groups excluding carboxylic acids is 2. The predicted molar refractivity (Wildman–Crippen MR) is 66.6 cm³/mol. The van der Waals surface area contributed by atoms with Crippen LogP contribution in [0.3, 0.4) is 0 Å². The van der Waals surface area contributed by atoms with Gasteiger partial charge in [0.25, 0.3) is 0 Å². The first kappa shape index (κ1) is 15.9. The summed E-state index contributed by atoms with van der Waals surface area (Å²) < 4.78 is 4.87. The standard InChI is InChI=1S/C12H24N2O3/c1-5-7-13-11(15)9-14(4)10(3)8-12(16)17-6-2/h10H,5-9H2,1-4H3,(H,13,15). The number of hydrogen-bond acceptors (Lipinski definition) is 4. The summed E-state index contributed by atoms with van der Waals surface area (Å²) >= 11 is 0. The van der Waals surface area contributed by atoms with Crippen LogP contribution in [0.4, 0.5) is 0 Å². The first-order chi connectivity index (χ1) is 8.01. The summed E-state index contributed by atoms with van der Waals surface area (Å²) in [5, 5.41) is 2.80. The molecule has 1 atom stereocenters. The van der Waals surface area contributed by atoms with Crippen LogP contribution in [0.1, 0.15) is 33.6 Å². The molecular formula is C12H24N2O3. The third-order valence-corrected chi connectivity index (χ3v) is 2.49. The lowest BCUT2D eigenvalue weighted by Gasteiger charge is -2.23. The van der Waals surface area contributed by atoms with Crippen molar-refractivity contribution >= 4 is 11.9 Å². The Morgan fingerprint density at radius 2 is 2.00 bits per heavy atom. The average molecular weight is 244 g/mol. The van der Waals surface area contributed by atoms with Gasteiger partial charge in [0.15, 0.2) is 0 Å². The Labute approximate surface area is 103 Å². The molecule has 0 spiro atoms. The first-order valence-corrected chi connectivity index (χ1v) is 6.13. The Morgan fingerprint density at radius 3 is 2.53 bits per heavy atom. The summed E-state index contributed by atoms with van der Waals surface area (Å²) in [6.45, 7) is 7.09. The SMILES string of the molecule is CCCNC(=O)CN(C)C(C)CC(=O)OCC. The Balaban J connectivity index is 3.91. The fourth-order valence-electron chi connectivity index (χ4n) is 1.32. The summed E-state index contributed by atoms with van der Waals surface area (Å²) in [5.41, 5.74) is 0. The minimum atomic E-state index is -0.221. The lowest BCUT2D eigenvalue weighted by molar-refractivity contribution is -0.144. The van der Waals surface area contributed by atoms with Crippen LogP contribution in [0.2, 0.25) is 0 Å². The molecule has 1 amide bonds. The van der Waals surface area contributed by atoms with Crippen LogP contribution in [-0.2, 0) is 14.3 Å². The van der Waals surface area contributed by atoms with Crippen LogP contribution in [0.15, 0.2) is 0 Å². The molecule has 0 aliphatic carbocycles. The van der Waals surface area contributed by atoms with Gasteiger partial charge >= 0.3 is 5.97 Å². The van der Waals surface area contributed by atoms with E-state index in [2.05, 4.69) is 5.32 Å². The van der Waals surface area contributed by atoms with E-state index in [0.29, 0.717) is 26.1 Å². The van der Waals surface area contributed by atoms with Gasteiger partial charge in [0.05, 0.1) is 19.6 Å². The lowest BCUT2D eigenvalue weighted by Crippen LogP contribution is -2.40.